The Labute approximate surface area is 175 Å². The minimum atomic E-state index is 0.0762. The van der Waals surface area contributed by atoms with Crippen molar-refractivity contribution in [2.75, 3.05) is 13.7 Å². The number of pyridine rings is 1. The topological polar surface area (TPSA) is 42.4 Å². The summed E-state index contributed by atoms with van der Waals surface area (Å²) in [5.41, 5.74) is 5.72. The third kappa shape index (κ3) is 3.20. The van der Waals surface area contributed by atoms with E-state index in [0.29, 0.717) is 13.1 Å². The summed E-state index contributed by atoms with van der Waals surface area (Å²) >= 11 is 0. The average molecular weight is 394 g/mol. The van der Waals surface area contributed by atoms with E-state index in [9.17, 15) is 4.79 Å². The number of methoxy groups -OCH3 is 1. The number of benzene rings is 3. The maximum atomic E-state index is 13.3. The van der Waals surface area contributed by atoms with Crippen LogP contribution in [0, 0.1) is 0 Å². The summed E-state index contributed by atoms with van der Waals surface area (Å²) in [6.07, 6.45) is 0.731. The van der Waals surface area contributed by atoms with Gasteiger partial charge in [-0.05, 0) is 29.3 Å². The third-order valence-corrected chi connectivity index (χ3v) is 5.70. The zero-order valence-electron chi connectivity index (χ0n) is 16.8. The molecule has 1 aliphatic rings. The largest absolute Gasteiger partial charge is 0.496 e. The highest BCUT2D eigenvalue weighted by Crippen LogP contribution is 2.37. The van der Waals surface area contributed by atoms with E-state index in [4.69, 9.17) is 9.72 Å². The molecule has 0 bridgehead atoms. The summed E-state index contributed by atoms with van der Waals surface area (Å²) in [6, 6.07) is 26.2. The number of aromatic nitrogens is 1. The van der Waals surface area contributed by atoms with Crippen molar-refractivity contribution in [1.29, 1.82) is 0 Å². The second kappa shape index (κ2) is 7.64. The average Bonchev–Trinajstić information content (AvgIpc) is 3.13. The molecule has 3 aromatic carbocycles. The lowest BCUT2D eigenvalue weighted by Crippen LogP contribution is -2.26. The molecule has 4 nitrogen and oxygen atoms in total. The van der Waals surface area contributed by atoms with E-state index in [1.165, 1.54) is 0 Å². The van der Waals surface area contributed by atoms with Crippen LogP contribution in [0.2, 0.25) is 0 Å². The van der Waals surface area contributed by atoms with E-state index in [1.54, 1.807) is 7.11 Å². The van der Waals surface area contributed by atoms with Crippen molar-refractivity contribution in [3.05, 3.63) is 95.7 Å². The highest BCUT2D eigenvalue weighted by Gasteiger charge is 2.30. The van der Waals surface area contributed by atoms with Crippen molar-refractivity contribution in [1.82, 2.24) is 9.88 Å². The van der Waals surface area contributed by atoms with Crippen LogP contribution in [0.4, 0.5) is 0 Å². The van der Waals surface area contributed by atoms with Crippen molar-refractivity contribution >= 4 is 16.8 Å². The Morgan fingerprint density at radius 3 is 2.60 bits per heavy atom. The molecule has 0 saturated carbocycles. The highest BCUT2D eigenvalue weighted by molar-refractivity contribution is 6.05. The number of carbonyl (C=O) groups excluding carboxylic acids is 1. The van der Waals surface area contributed by atoms with Gasteiger partial charge in [0.1, 0.15) is 5.75 Å². The third-order valence-electron chi connectivity index (χ3n) is 5.70. The molecule has 0 radical (unpaired) electrons. The van der Waals surface area contributed by atoms with Gasteiger partial charge in [-0.3, -0.25) is 9.78 Å². The fourth-order valence-electron chi connectivity index (χ4n) is 4.19. The molecular weight excluding hydrogens is 372 g/mol. The van der Waals surface area contributed by atoms with E-state index in [1.807, 2.05) is 65.6 Å². The molecule has 1 aromatic heterocycles. The number of ether oxygens (including phenoxy) is 1. The van der Waals surface area contributed by atoms with E-state index < -0.39 is 0 Å². The molecule has 0 atom stereocenters. The van der Waals surface area contributed by atoms with Crippen LogP contribution in [0.3, 0.4) is 0 Å². The second-order valence-corrected chi connectivity index (χ2v) is 7.51. The van der Waals surface area contributed by atoms with Crippen LogP contribution in [0.15, 0.2) is 78.9 Å². The summed E-state index contributed by atoms with van der Waals surface area (Å²) in [5, 5.41) is 1.13. The molecule has 1 amide bonds. The van der Waals surface area contributed by atoms with Gasteiger partial charge < -0.3 is 9.64 Å². The van der Waals surface area contributed by atoms with Crippen LogP contribution in [0.5, 0.6) is 5.75 Å². The van der Waals surface area contributed by atoms with Crippen LogP contribution in [0.1, 0.15) is 21.6 Å². The van der Waals surface area contributed by atoms with Crippen molar-refractivity contribution < 1.29 is 9.53 Å². The van der Waals surface area contributed by atoms with Crippen molar-refractivity contribution in [3.8, 4) is 16.9 Å². The predicted molar refractivity (Wildman–Crippen MR) is 119 cm³/mol. The summed E-state index contributed by atoms with van der Waals surface area (Å²) in [6.45, 7) is 1.27. The number of rotatable bonds is 5. The molecule has 0 N–H and O–H groups in total. The first-order valence-electron chi connectivity index (χ1n) is 10.1. The molecule has 0 unspecified atom stereocenters. The van der Waals surface area contributed by atoms with Gasteiger partial charge in [0.15, 0.2) is 0 Å². The summed E-state index contributed by atoms with van der Waals surface area (Å²) in [5.74, 6) is 0.852. The standard InChI is InChI=1S/C26H22N2O2/c1-30-24-12-5-3-9-21(24)22-10-6-8-19-17-28(26(29)25(19)22)16-15-20-14-13-18-7-2-4-11-23(18)27-20/h2-14H,15-17H2,1H3. The van der Waals surface area contributed by atoms with Crippen molar-refractivity contribution in [3.63, 3.8) is 0 Å². The number of hydrogen-bond donors (Lipinski definition) is 0. The molecule has 148 valence electrons. The molecule has 4 heteroatoms. The Kier molecular flexibility index (Phi) is 4.68. The number of amides is 1. The molecule has 0 saturated heterocycles. The van der Waals surface area contributed by atoms with Gasteiger partial charge in [0.2, 0.25) is 0 Å². The first-order chi connectivity index (χ1) is 14.7. The second-order valence-electron chi connectivity index (χ2n) is 7.51. The summed E-state index contributed by atoms with van der Waals surface area (Å²) < 4.78 is 5.53. The molecule has 30 heavy (non-hydrogen) atoms. The fraction of sp³-hybridized carbons (Fsp3) is 0.154. The van der Waals surface area contributed by atoms with E-state index in [2.05, 4.69) is 18.2 Å². The van der Waals surface area contributed by atoms with Crippen molar-refractivity contribution in [2.24, 2.45) is 0 Å². The lowest BCUT2D eigenvalue weighted by Gasteiger charge is -2.16. The van der Waals surface area contributed by atoms with Crippen LogP contribution in [-0.2, 0) is 13.0 Å². The lowest BCUT2D eigenvalue weighted by molar-refractivity contribution is 0.0780. The summed E-state index contributed by atoms with van der Waals surface area (Å²) in [7, 11) is 1.66. The van der Waals surface area contributed by atoms with Gasteiger partial charge in [0, 0.05) is 36.2 Å². The van der Waals surface area contributed by atoms with Gasteiger partial charge in [0.25, 0.3) is 5.91 Å². The molecule has 1 aliphatic heterocycles. The van der Waals surface area contributed by atoms with Gasteiger partial charge in [-0.2, -0.15) is 0 Å². The first kappa shape index (κ1) is 18.4. The van der Waals surface area contributed by atoms with Gasteiger partial charge in [-0.1, -0.05) is 60.7 Å². The van der Waals surface area contributed by atoms with Gasteiger partial charge in [-0.25, -0.2) is 0 Å². The summed E-state index contributed by atoms with van der Waals surface area (Å²) in [4.78, 5) is 19.9. The maximum Gasteiger partial charge on any atom is 0.255 e. The van der Waals surface area contributed by atoms with E-state index in [-0.39, 0.29) is 5.91 Å². The van der Waals surface area contributed by atoms with Crippen LogP contribution < -0.4 is 4.74 Å². The number of fused-ring (bicyclic) bond motifs is 2. The quantitative estimate of drug-likeness (QED) is 0.472. The molecule has 0 aliphatic carbocycles. The lowest BCUT2D eigenvalue weighted by atomic mass is 9.96. The molecule has 2 heterocycles. The van der Waals surface area contributed by atoms with Gasteiger partial charge in [0.05, 0.1) is 18.2 Å². The van der Waals surface area contributed by atoms with Crippen molar-refractivity contribution in [2.45, 2.75) is 13.0 Å². The monoisotopic (exact) mass is 394 g/mol. The normalized spacial score (nSPS) is 13.0. The number of nitrogens with zero attached hydrogens (tertiary/aromatic N) is 2. The molecular formula is C26H22N2O2. The maximum absolute atomic E-state index is 13.3. The Morgan fingerprint density at radius 2 is 1.70 bits per heavy atom. The first-order valence-corrected chi connectivity index (χ1v) is 10.1. The Balaban J connectivity index is 1.40. The Bertz CT molecular complexity index is 1250. The number of hydrogen-bond acceptors (Lipinski definition) is 3. The zero-order chi connectivity index (χ0) is 20.5. The molecule has 0 fully saturated rings. The Hall–Kier alpha value is -3.66. The molecule has 0 spiro atoms. The molecule has 5 rings (SSSR count). The van der Waals surface area contributed by atoms with Crippen LogP contribution >= 0.6 is 0 Å². The fourth-order valence-corrected chi connectivity index (χ4v) is 4.19. The zero-order valence-corrected chi connectivity index (χ0v) is 16.8. The smallest absolute Gasteiger partial charge is 0.255 e. The minimum absolute atomic E-state index is 0.0762. The van der Waals surface area contributed by atoms with Crippen LogP contribution in [0.25, 0.3) is 22.0 Å². The number of para-hydroxylation sites is 2. The van der Waals surface area contributed by atoms with Crippen LogP contribution in [-0.4, -0.2) is 29.4 Å². The van der Waals surface area contributed by atoms with E-state index >= 15 is 0 Å². The predicted octanol–water partition coefficient (Wildman–Crippen LogP) is 5.11. The van der Waals surface area contributed by atoms with Gasteiger partial charge in [-0.15, -0.1) is 0 Å². The highest BCUT2D eigenvalue weighted by atomic mass is 16.5. The number of carbonyl (C=O) groups is 1. The van der Waals surface area contributed by atoms with E-state index in [0.717, 1.165) is 51.0 Å². The SMILES string of the molecule is COc1ccccc1-c1cccc2c1C(=O)N(CCc1ccc3ccccc3n1)C2. The minimum Gasteiger partial charge on any atom is -0.496 e. The molecule has 4 aromatic rings. The van der Waals surface area contributed by atoms with Gasteiger partial charge >= 0.3 is 0 Å². The Morgan fingerprint density at radius 1 is 0.900 bits per heavy atom.